The molecule has 2 atom stereocenters. The van der Waals surface area contributed by atoms with E-state index in [2.05, 4.69) is 15.3 Å². The Morgan fingerprint density at radius 3 is 2.79 bits per heavy atom. The lowest BCUT2D eigenvalue weighted by molar-refractivity contribution is -0.124. The molecule has 106 valence electrons. The number of amides is 1. The van der Waals surface area contributed by atoms with Crippen LogP contribution in [0.2, 0.25) is 0 Å². The highest BCUT2D eigenvalue weighted by Gasteiger charge is 2.12. The Kier molecular flexibility index (Phi) is 6.42. The standard InChI is InChI=1S/C14H24N4O/c1-10(5-4-6-11(2)15)14(19)17-9-13-7-8-16-12(3)18-13/h7-8,10-11H,4-6,9,15H2,1-3H3,(H,17,19). The second-order valence-electron chi connectivity index (χ2n) is 5.12. The van der Waals surface area contributed by atoms with E-state index in [0.29, 0.717) is 6.54 Å². The number of hydrogen-bond acceptors (Lipinski definition) is 4. The van der Waals surface area contributed by atoms with E-state index in [1.165, 1.54) is 0 Å². The molecule has 1 aromatic rings. The summed E-state index contributed by atoms with van der Waals surface area (Å²) in [6.07, 6.45) is 4.52. The van der Waals surface area contributed by atoms with Crippen LogP contribution in [-0.2, 0) is 11.3 Å². The van der Waals surface area contributed by atoms with Gasteiger partial charge in [0.05, 0.1) is 12.2 Å². The molecule has 0 aliphatic carbocycles. The summed E-state index contributed by atoms with van der Waals surface area (Å²) in [5.74, 6) is 0.805. The highest BCUT2D eigenvalue weighted by molar-refractivity contribution is 5.78. The summed E-state index contributed by atoms with van der Waals surface area (Å²) in [6.45, 7) is 6.23. The first-order valence-electron chi connectivity index (χ1n) is 6.81. The Morgan fingerprint density at radius 1 is 1.42 bits per heavy atom. The highest BCUT2D eigenvalue weighted by atomic mass is 16.1. The van der Waals surface area contributed by atoms with Gasteiger partial charge in [-0.25, -0.2) is 9.97 Å². The highest BCUT2D eigenvalue weighted by Crippen LogP contribution is 2.09. The van der Waals surface area contributed by atoms with Gasteiger partial charge < -0.3 is 11.1 Å². The van der Waals surface area contributed by atoms with Crippen LogP contribution in [0.15, 0.2) is 12.3 Å². The monoisotopic (exact) mass is 264 g/mol. The Morgan fingerprint density at radius 2 is 2.16 bits per heavy atom. The van der Waals surface area contributed by atoms with Crippen LogP contribution >= 0.6 is 0 Å². The fourth-order valence-corrected chi connectivity index (χ4v) is 1.83. The Labute approximate surface area is 115 Å². The zero-order valence-corrected chi connectivity index (χ0v) is 12.0. The van der Waals surface area contributed by atoms with Crippen molar-refractivity contribution in [3.05, 3.63) is 23.8 Å². The molecule has 1 heterocycles. The molecule has 3 N–H and O–H groups in total. The normalized spacial score (nSPS) is 13.9. The van der Waals surface area contributed by atoms with Gasteiger partial charge in [0.2, 0.25) is 5.91 Å². The van der Waals surface area contributed by atoms with Crippen LogP contribution in [0, 0.1) is 12.8 Å². The molecule has 0 saturated carbocycles. The minimum absolute atomic E-state index is 0.0154. The molecule has 2 unspecified atom stereocenters. The number of carbonyl (C=O) groups is 1. The van der Waals surface area contributed by atoms with Gasteiger partial charge in [0.25, 0.3) is 0 Å². The third-order valence-electron chi connectivity index (χ3n) is 3.02. The first kappa shape index (κ1) is 15.6. The van der Waals surface area contributed by atoms with Crippen LogP contribution in [0.5, 0.6) is 0 Å². The van der Waals surface area contributed by atoms with Crippen molar-refractivity contribution in [3.8, 4) is 0 Å². The molecule has 1 aromatic heterocycles. The minimum Gasteiger partial charge on any atom is -0.350 e. The maximum atomic E-state index is 11.9. The largest absolute Gasteiger partial charge is 0.350 e. The second kappa shape index (κ2) is 7.84. The maximum absolute atomic E-state index is 11.9. The number of nitrogens with zero attached hydrogens (tertiary/aromatic N) is 2. The molecule has 1 rings (SSSR count). The molecule has 0 aromatic carbocycles. The molecule has 5 heteroatoms. The number of carbonyl (C=O) groups excluding carboxylic acids is 1. The van der Waals surface area contributed by atoms with Gasteiger partial charge in [0, 0.05) is 18.2 Å². The summed E-state index contributed by atoms with van der Waals surface area (Å²) in [7, 11) is 0. The lowest BCUT2D eigenvalue weighted by Gasteiger charge is -2.12. The Bertz CT molecular complexity index is 406. The van der Waals surface area contributed by atoms with Crippen LogP contribution in [0.25, 0.3) is 0 Å². The molecular weight excluding hydrogens is 240 g/mol. The summed E-state index contributed by atoms with van der Waals surface area (Å²) >= 11 is 0. The van der Waals surface area contributed by atoms with Crippen LogP contribution in [0.1, 0.15) is 44.6 Å². The topological polar surface area (TPSA) is 80.9 Å². The van der Waals surface area contributed by atoms with Crippen molar-refractivity contribution in [3.63, 3.8) is 0 Å². The van der Waals surface area contributed by atoms with E-state index in [0.717, 1.165) is 30.8 Å². The van der Waals surface area contributed by atoms with E-state index in [-0.39, 0.29) is 17.9 Å². The molecule has 0 fully saturated rings. The van der Waals surface area contributed by atoms with Crippen molar-refractivity contribution >= 4 is 5.91 Å². The average Bonchev–Trinajstić information content (AvgIpc) is 2.35. The fraction of sp³-hybridized carbons (Fsp3) is 0.643. The van der Waals surface area contributed by atoms with Gasteiger partial charge in [-0.15, -0.1) is 0 Å². The van der Waals surface area contributed by atoms with Crippen LogP contribution < -0.4 is 11.1 Å². The summed E-state index contributed by atoms with van der Waals surface area (Å²) in [4.78, 5) is 20.2. The third-order valence-corrected chi connectivity index (χ3v) is 3.02. The van der Waals surface area contributed by atoms with E-state index < -0.39 is 0 Å². The number of aryl methyl sites for hydroxylation is 1. The van der Waals surface area contributed by atoms with Gasteiger partial charge >= 0.3 is 0 Å². The predicted molar refractivity (Wildman–Crippen MR) is 75.3 cm³/mol. The summed E-state index contributed by atoms with van der Waals surface area (Å²) < 4.78 is 0. The maximum Gasteiger partial charge on any atom is 0.223 e. The quantitative estimate of drug-likeness (QED) is 0.783. The number of nitrogens with two attached hydrogens (primary N) is 1. The molecular formula is C14H24N4O. The van der Waals surface area contributed by atoms with Gasteiger partial charge in [-0.2, -0.15) is 0 Å². The Balaban J connectivity index is 2.30. The molecule has 5 nitrogen and oxygen atoms in total. The Hall–Kier alpha value is -1.49. The lowest BCUT2D eigenvalue weighted by Crippen LogP contribution is -2.29. The van der Waals surface area contributed by atoms with Crippen molar-refractivity contribution in [2.75, 3.05) is 0 Å². The molecule has 0 saturated heterocycles. The van der Waals surface area contributed by atoms with Crippen molar-refractivity contribution in [2.45, 2.75) is 52.6 Å². The molecule has 0 spiro atoms. The van der Waals surface area contributed by atoms with Crippen molar-refractivity contribution in [1.82, 2.24) is 15.3 Å². The molecule has 19 heavy (non-hydrogen) atoms. The predicted octanol–water partition coefficient (Wildman–Crippen LogP) is 1.55. The van der Waals surface area contributed by atoms with Gasteiger partial charge in [-0.1, -0.05) is 13.3 Å². The van der Waals surface area contributed by atoms with E-state index in [9.17, 15) is 4.79 Å². The molecule has 0 bridgehead atoms. The fourth-order valence-electron chi connectivity index (χ4n) is 1.83. The van der Waals surface area contributed by atoms with E-state index >= 15 is 0 Å². The van der Waals surface area contributed by atoms with Crippen LogP contribution in [0.4, 0.5) is 0 Å². The van der Waals surface area contributed by atoms with Gasteiger partial charge in [-0.05, 0) is 32.8 Å². The smallest absolute Gasteiger partial charge is 0.223 e. The van der Waals surface area contributed by atoms with Crippen molar-refractivity contribution < 1.29 is 4.79 Å². The SMILES string of the molecule is Cc1nccc(CNC(=O)C(C)CCCC(C)N)n1. The van der Waals surface area contributed by atoms with E-state index in [1.54, 1.807) is 6.20 Å². The van der Waals surface area contributed by atoms with Gasteiger partial charge in [-0.3, -0.25) is 4.79 Å². The van der Waals surface area contributed by atoms with Crippen molar-refractivity contribution in [2.24, 2.45) is 11.7 Å². The zero-order chi connectivity index (χ0) is 14.3. The summed E-state index contributed by atoms with van der Waals surface area (Å²) in [5, 5.41) is 2.90. The molecule has 1 amide bonds. The van der Waals surface area contributed by atoms with E-state index in [1.807, 2.05) is 26.8 Å². The zero-order valence-electron chi connectivity index (χ0n) is 12.0. The molecule has 0 aliphatic rings. The third kappa shape index (κ3) is 6.29. The summed E-state index contributed by atoms with van der Waals surface area (Å²) in [5.41, 5.74) is 6.53. The molecule has 0 radical (unpaired) electrons. The first-order valence-corrected chi connectivity index (χ1v) is 6.81. The first-order chi connectivity index (χ1) is 8.99. The average molecular weight is 264 g/mol. The van der Waals surface area contributed by atoms with Crippen LogP contribution in [-0.4, -0.2) is 21.9 Å². The number of nitrogens with one attached hydrogen (secondary N) is 1. The van der Waals surface area contributed by atoms with Crippen LogP contribution in [0.3, 0.4) is 0 Å². The second-order valence-corrected chi connectivity index (χ2v) is 5.12. The number of rotatable bonds is 7. The minimum atomic E-state index is 0.0154. The van der Waals surface area contributed by atoms with Gasteiger partial charge in [0.15, 0.2) is 0 Å². The van der Waals surface area contributed by atoms with Gasteiger partial charge in [0.1, 0.15) is 5.82 Å². The van der Waals surface area contributed by atoms with E-state index in [4.69, 9.17) is 5.73 Å². The summed E-state index contributed by atoms with van der Waals surface area (Å²) in [6, 6.07) is 2.02. The lowest BCUT2D eigenvalue weighted by atomic mass is 10.0. The van der Waals surface area contributed by atoms with Crippen molar-refractivity contribution in [1.29, 1.82) is 0 Å². The number of hydrogen-bond donors (Lipinski definition) is 2. The molecule has 0 aliphatic heterocycles. The number of aromatic nitrogens is 2.